The van der Waals surface area contributed by atoms with Crippen molar-refractivity contribution in [1.82, 2.24) is 5.32 Å². The molecule has 1 aromatic rings. The van der Waals surface area contributed by atoms with Crippen LogP contribution < -0.4 is 15.8 Å². The highest BCUT2D eigenvalue weighted by atomic mass is 35.5. The van der Waals surface area contributed by atoms with Gasteiger partial charge >= 0.3 is 0 Å². The second kappa shape index (κ2) is 8.52. The molecule has 0 heterocycles. The molecule has 0 aromatic heterocycles. The molecule has 2 rings (SSSR count). The van der Waals surface area contributed by atoms with Gasteiger partial charge in [0.25, 0.3) is 0 Å². The number of halogens is 1. The first-order chi connectivity index (χ1) is 10.4. The number of benzene rings is 1. The Morgan fingerprint density at radius 2 is 2.26 bits per heavy atom. The SMILES string of the molecule is COc1cccc(C(O)CNC(=O)C2CCCCC2(C)N)c1.Cl. The fourth-order valence-electron chi connectivity index (χ4n) is 3.08. The van der Waals surface area contributed by atoms with Gasteiger partial charge in [0.1, 0.15) is 5.75 Å². The van der Waals surface area contributed by atoms with E-state index in [0.29, 0.717) is 5.75 Å². The zero-order chi connectivity index (χ0) is 16.2. The summed E-state index contributed by atoms with van der Waals surface area (Å²) in [4.78, 5) is 12.3. The summed E-state index contributed by atoms with van der Waals surface area (Å²) in [6.45, 7) is 2.12. The van der Waals surface area contributed by atoms with Gasteiger partial charge in [-0.25, -0.2) is 0 Å². The van der Waals surface area contributed by atoms with E-state index >= 15 is 0 Å². The van der Waals surface area contributed by atoms with Crippen LogP contribution in [0, 0.1) is 5.92 Å². The molecular formula is C17H27ClN2O3. The molecule has 23 heavy (non-hydrogen) atoms. The minimum Gasteiger partial charge on any atom is -0.497 e. The highest BCUT2D eigenvalue weighted by Crippen LogP contribution is 2.31. The molecule has 0 radical (unpaired) electrons. The molecule has 3 unspecified atom stereocenters. The zero-order valence-electron chi connectivity index (χ0n) is 13.7. The van der Waals surface area contributed by atoms with Crippen molar-refractivity contribution >= 4 is 18.3 Å². The monoisotopic (exact) mass is 342 g/mol. The number of nitrogens with two attached hydrogens (primary N) is 1. The molecule has 5 nitrogen and oxygen atoms in total. The van der Waals surface area contributed by atoms with Gasteiger partial charge in [0, 0.05) is 12.1 Å². The Morgan fingerprint density at radius 3 is 2.91 bits per heavy atom. The summed E-state index contributed by atoms with van der Waals surface area (Å²) in [5.41, 5.74) is 6.50. The average Bonchev–Trinajstić information content (AvgIpc) is 2.52. The van der Waals surface area contributed by atoms with Crippen LogP contribution in [0.3, 0.4) is 0 Å². The van der Waals surface area contributed by atoms with E-state index < -0.39 is 11.6 Å². The van der Waals surface area contributed by atoms with Crippen LogP contribution in [0.15, 0.2) is 24.3 Å². The lowest BCUT2D eigenvalue weighted by molar-refractivity contribution is -0.128. The summed E-state index contributed by atoms with van der Waals surface area (Å²) >= 11 is 0. The second-order valence-electron chi connectivity index (χ2n) is 6.34. The molecule has 1 aliphatic carbocycles. The quantitative estimate of drug-likeness (QED) is 0.765. The number of hydrogen-bond acceptors (Lipinski definition) is 4. The normalized spacial score (nSPS) is 25.1. The number of amides is 1. The van der Waals surface area contributed by atoms with E-state index in [2.05, 4.69) is 5.32 Å². The minimum absolute atomic E-state index is 0. The molecule has 1 amide bonds. The van der Waals surface area contributed by atoms with E-state index in [9.17, 15) is 9.90 Å². The van der Waals surface area contributed by atoms with Crippen LogP contribution in [0.2, 0.25) is 0 Å². The van der Waals surface area contributed by atoms with Crippen LogP contribution in [-0.4, -0.2) is 30.2 Å². The number of aliphatic hydroxyl groups is 1. The molecule has 6 heteroatoms. The first kappa shape index (κ1) is 19.7. The number of nitrogens with one attached hydrogen (secondary N) is 1. The second-order valence-corrected chi connectivity index (χ2v) is 6.34. The largest absolute Gasteiger partial charge is 0.497 e. The lowest BCUT2D eigenvalue weighted by Gasteiger charge is -2.37. The van der Waals surface area contributed by atoms with Crippen LogP contribution in [0.25, 0.3) is 0 Å². The summed E-state index contributed by atoms with van der Waals surface area (Å²) in [5.74, 6) is 0.440. The van der Waals surface area contributed by atoms with Crippen molar-refractivity contribution in [3.63, 3.8) is 0 Å². The van der Waals surface area contributed by atoms with Gasteiger partial charge in [-0.2, -0.15) is 0 Å². The average molecular weight is 343 g/mol. The Morgan fingerprint density at radius 1 is 1.52 bits per heavy atom. The predicted octanol–water partition coefficient (Wildman–Crippen LogP) is 2.17. The van der Waals surface area contributed by atoms with Crippen molar-refractivity contribution in [3.8, 4) is 5.75 Å². The van der Waals surface area contributed by atoms with E-state index in [-0.39, 0.29) is 30.8 Å². The Balaban J connectivity index is 0.00000264. The van der Waals surface area contributed by atoms with Crippen molar-refractivity contribution in [3.05, 3.63) is 29.8 Å². The molecule has 1 saturated carbocycles. The Kier molecular flexibility index (Phi) is 7.32. The number of carbonyl (C=O) groups is 1. The minimum atomic E-state index is -0.758. The van der Waals surface area contributed by atoms with Gasteiger partial charge in [0.15, 0.2) is 0 Å². The number of methoxy groups -OCH3 is 1. The van der Waals surface area contributed by atoms with E-state index in [1.54, 1.807) is 13.2 Å². The number of carbonyl (C=O) groups excluding carboxylic acids is 1. The molecule has 0 saturated heterocycles. The van der Waals surface area contributed by atoms with Gasteiger partial charge < -0.3 is 20.9 Å². The summed E-state index contributed by atoms with van der Waals surface area (Å²) in [6.07, 6.45) is 3.02. The molecule has 1 fully saturated rings. The lowest BCUT2D eigenvalue weighted by atomic mass is 9.74. The van der Waals surface area contributed by atoms with Crippen LogP contribution in [0.4, 0.5) is 0 Å². The summed E-state index contributed by atoms with van der Waals surface area (Å²) in [7, 11) is 1.58. The van der Waals surface area contributed by atoms with Crippen molar-refractivity contribution in [1.29, 1.82) is 0 Å². The molecule has 0 spiro atoms. The zero-order valence-corrected chi connectivity index (χ0v) is 14.6. The van der Waals surface area contributed by atoms with Crippen LogP contribution in [0.1, 0.15) is 44.3 Å². The molecule has 0 bridgehead atoms. The Labute approximate surface area is 144 Å². The maximum absolute atomic E-state index is 12.3. The number of hydrogen-bond donors (Lipinski definition) is 3. The maximum atomic E-state index is 12.3. The van der Waals surface area contributed by atoms with Crippen LogP contribution in [0.5, 0.6) is 5.75 Å². The molecule has 4 N–H and O–H groups in total. The lowest BCUT2D eigenvalue weighted by Crippen LogP contribution is -2.53. The number of rotatable bonds is 5. The van der Waals surface area contributed by atoms with Crippen molar-refractivity contribution in [2.75, 3.05) is 13.7 Å². The molecule has 0 aliphatic heterocycles. The fraction of sp³-hybridized carbons (Fsp3) is 0.588. The van der Waals surface area contributed by atoms with Gasteiger partial charge in [-0.05, 0) is 37.5 Å². The molecule has 3 atom stereocenters. The summed E-state index contributed by atoms with van der Waals surface area (Å²) in [6, 6.07) is 7.21. The first-order valence-corrected chi connectivity index (χ1v) is 7.82. The first-order valence-electron chi connectivity index (χ1n) is 7.82. The Hall–Kier alpha value is -1.30. The highest BCUT2D eigenvalue weighted by Gasteiger charge is 2.37. The molecule has 1 aliphatic rings. The molecule has 1 aromatic carbocycles. The standard InChI is InChI=1S/C17H26N2O3.ClH/c1-17(18)9-4-3-8-14(17)16(21)19-11-15(20)12-6-5-7-13(10-12)22-2;/h5-7,10,14-15,20H,3-4,8-9,11,18H2,1-2H3,(H,19,21);1H. The van der Waals surface area contributed by atoms with Crippen molar-refractivity contribution in [2.45, 2.75) is 44.2 Å². The van der Waals surface area contributed by atoms with Crippen LogP contribution >= 0.6 is 12.4 Å². The molecular weight excluding hydrogens is 316 g/mol. The number of ether oxygens (including phenoxy) is 1. The third kappa shape index (κ3) is 5.09. The third-order valence-corrected chi connectivity index (χ3v) is 4.52. The van der Waals surface area contributed by atoms with Gasteiger partial charge in [0.05, 0.1) is 19.1 Å². The summed E-state index contributed by atoms with van der Waals surface area (Å²) < 4.78 is 5.14. The van der Waals surface area contributed by atoms with Gasteiger partial charge in [-0.1, -0.05) is 25.0 Å². The van der Waals surface area contributed by atoms with Gasteiger partial charge in [0.2, 0.25) is 5.91 Å². The third-order valence-electron chi connectivity index (χ3n) is 4.52. The van der Waals surface area contributed by atoms with Gasteiger partial charge in [-0.3, -0.25) is 4.79 Å². The maximum Gasteiger partial charge on any atom is 0.225 e. The van der Waals surface area contributed by atoms with Crippen molar-refractivity contribution in [2.24, 2.45) is 11.7 Å². The Bertz CT molecular complexity index is 522. The van der Waals surface area contributed by atoms with Crippen molar-refractivity contribution < 1.29 is 14.6 Å². The van der Waals surface area contributed by atoms with Gasteiger partial charge in [-0.15, -0.1) is 12.4 Å². The fourth-order valence-corrected chi connectivity index (χ4v) is 3.08. The predicted molar refractivity (Wildman–Crippen MR) is 92.8 cm³/mol. The summed E-state index contributed by atoms with van der Waals surface area (Å²) in [5, 5.41) is 13.1. The highest BCUT2D eigenvalue weighted by molar-refractivity contribution is 5.85. The van der Waals surface area contributed by atoms with Crippen LogP contribution in [-0.2, 0) is 4.79 Å². The van der Waals surface area contributed by atoms with E-state index in [1.165, 1.54) is 0 Å². The molecule has 130 valence electrons. The van der Waals surface area contributed by atoms with E-state index in [4.69, 9.17) is 10.5 Å². The van der Waals surface area contributed by atoms with E-state index in [1.807, 2.05) is 25.1 Å². The smallest absolute Gasteiger partial charge is 0.225 e. The topological polar surface area (TPSA) is 84.6 Å². The number of aliphatic hydroxyl groups excluding tert-OH is 1. The van der Waals surface area contributed by atoms with E-state index in [0.717, 1.165) is 31.2 Å².